The Morgan fingerprint density at radius 2 is 1.94 bits per heavy atom. The summed E-state index contributed by atoms with van der Waals surface area (Å²) in [6, 6.07) is 15.3. The Bertz CT molecular complexity index is 1210. The number of anilines is 4. The van der Waals surface area contributed by atoms with Gasteiger partial charge in [0, 0.05) is 38.4 Å². The van der Waals surface area contributed by atoms with Crippen LogP contribution in [0.15, 0.2) is 54.7 Å². The predicted octanol–water partition coefficient (Wildman–Crippen LogP) is 4.03. The molecule has 1 aromatic heterocycles. The van der Waals surface area contributed by atoms with E-state index in [1.54, 1.807) is 31.5 Å². The molecule has 1 atom stereocenters. The van der Waals surface area contributed by atoms with Gasteiger partial charge in [-0.3, -0.25) is 9.59 Å². The average Bonchev–Trinajstić information content (AvgIpc) is 2.88. The van der Waals surface area contributed by atoms with Gasteiger partial charge in [-0.1, -0.05) is 29.8 Å². The first-order valence-corrected chi connectivity index (χ1v) is 12.0. The lowest BCUT2D eigenvalue weighted by molar-refractivity contribution is -0.125. The number of benzene rings is 2. The molecule has 1 aliphatic heterocycles. The molecule has 9 heteroatoms. The normalized spacial score (nSPS) is 15.2. The molecule has 0 saturated carbocycles. The van der Waals surface area contributed by atoms with E-state index >= 15 is 0 Å². The molecule has 4 rings (SSSR count). The molecule has 2 amide bonds. The maximum absolute atomic E-state index is 12.9. The van der Waals surface area contributed by atoms with E-state index in [1.165, 1.54) is 12.5 Å². The molecule has 0 radical (unpaired) electrons. The fourth-order valence-electron chi connectivity index (χ4n) is 4.23. The van der Waals surface area contributed by atoms with Crippen molar-refractivity contribution in [2.75, 3.05) is 35.7 Å². The molecular weight excluding hydrogens is 456 g/mol. The van der Waals surface area contributed by atoms with Crippen molar-refractivity contribution in [2.45, 2.75) is 33.2 Å². The van der Waals surface area contributed by atoms with Crippen LogP contribution in [0.3, 0.4) is 0 Å². The number of nitrogens with zero attached hydrogens (tertiary/aromatic N) is 3. The van der Waals surface area contributed by atoms with Gasteiger partial charge in [0.25, 0.3) is 0 Å². The van der Waals surface area contributed by atoms with E-state index < -0.39 is 0 Å². The van der Waals surface area contributed by atoms with Crippen LogP contribution in [0, 0.1) is 12.8 Å². The van der Waals surface area contributed by atoms with Crippen LogP contribution in [-0.2, 0) is 16.1 Å². The van der Waals surface area contributed by atoms with E-state index in [2.05, 4.69) is 43.0 Å². The zero-order chi connectivity index (χ0) is 25.5. The van der Waals surface area contributed by atoms with E-state index in [4.69, 9.17) is 4.74 Å². The maximum Gasteiger partial charge on any atom is 0.229 e. The number of ether oxygens (including phenoxy) is 1. The summed E-state index contributed by atoms with van der Waals surface area (Å²) in [7, 11) is 1.58. The SMILES string of the molecule is COc1ccc(NC(C)=O)cc1Nc1nccc(N2CCC[C@H](C(=O)NCc3ccc(C)cc3)C2)n1. The number of amides is 2. The summed E-state index contributed by atoms with van der Waals surface area (Å²) < 4.78 is 5.44. The van der Waals surface area contributed by atoms with Crippen LogP contribution in [0.5, 0.6) is 5.75 Å². The van der Waals surface area contributed by atoms with Crippen molar-refractivity contribution in [2.24, 2.45) is 5.92 Å². The highest BCUT2D eigenvalue weighted by Crippen LogP contribution is 2.30. The lowest BCUT2D eigenvalue weighted by Crippen LogP contribution is -2.43. The Kier molecular flexibility index (Phi) is 7.99. The fourth-order valence-corrected chi connectivity index (χ4v) is 4.23. The molecule has 1 fully saturated rings. The first-order valence-electron chi connectivity index (χ1n) is 12.0. The molecule has 3 N–H and O–H groups in total. The second kappa shape index (κ2) is 11.5. The summed E-state index contributed by atoms with van der Waals surface area (Å²) in [4.78, 5) is 35.5. The fraction of sp³-hybridized carbons (Fsp3) is 0.333. The Hall–Kier alpha value is -4.14. The molecule has 1 saturated heterocycles. The number of aryl methyl sites for hydroxylation is 1. The lowest BCUT2D eigenvalue weighted by Gasteiger charge is -2.33. The average molecular weight is 489 g/mol. The van der Waals surface area contributed by atoms with Crippen molar-refractivity contribution >= 4 is 35.0 Å². The third-order valence-electron chi connectivity index (χ3n) is 6.11. The van der Waals surface area contributed by atoms with Crippen LogP contribution in [-0.4, -0.2) is 42.0 Å². The molecular formula is C27H32N6O3. The van der Waals surface area contributed by atoms with E-state index in [1.807, 2.05) is 25.1 Å². The van der Waals surface area contributed by atoms with Crippen LogP contribution in [0.4, 0.5) is 23.1 Å². The second-order valence-corrected chi connectivity index (χ2v) is 8.95. The van der Waals surface area contributed by atoms with Gasteiger partial charge in [0.1, 0.15) is 11.6 Å². The molecule has 2 aromatic carbocycles. The van der Waals surface area contributed by atoms with Crippen LogP contribution in [0.1, 0.15) is 30.9 Å². The van der Waals surface area contributed by atoms with E-state index in [0.29, 0.717) is 36.2 Å². The third kappa shape index (κ3) is 6.50. The summed E-state index contributed by atoms with van der Waals surface area (Å²) in [5.41, 5.74) is 3.56. The number of carbonyl (C=O) groups is 2. The molecule has 2 heterocycles. The number of piperidine rings is 1. The van der Waals surface area contributed by atoms with Gasteiger partial charge in [-0.15, -0.1) is 0 Å². The molecule has 3 aromatic rings. The number of hydrogen-bond donors (Lipinski definition) is 3. The topological polar surface area (TPSA) is 108 Å². The van der Waals surface area contributed by atoms with Gasteiger partial charge < -0.3 is 25.6 Å². The van der Waals surface area contributed by atoms with Gasteiger partial charge >= 0.3 is 0 Å². The van der Waals surface area contributed by atoms with Crippen LogP contribution < -0.4 is 25.6 Å². The number of rotatable bonds is 8. The molecule has 1 aliphatic rings. The first-order chi connectivity index (χ1) is 17.4. The van der Waals surface area contributed by atoms with Gasteiger partial charge in [-0.05, 0) is 49.6 Å². The predicted molar refractivity (Wildman–Crippen MR) is 141 cm³/mol. The third-order valence-corrected chi connectivity index (χ3v) is 6.11. The van der Waals surface area contributed by atoms with Crippen molar-refractivity contribution in [3.63, 3.8) is 0 Å². The minimum atomic E-state index is -0.160. The molecule has 0 bridgehead atoms. The minimum absolute atomic E-state index is 0.0622. The number of aromatic nitrogens is 2. The number of carbonyl (C=O) groups excluding carboxylic acids is 2. The van der Waals surface area contributed by atoms with Crippen molar-refractivity contribution in [1.82, 2.24) is 15.3 Å². The van der Waals surface area contributed by atoms with Gasteiger partial charge in [0.15, 0.2) is 0 Å². The molecule has 188 valence electrons. The number of nitrogens with one attached hydrogen (secondary N) is 3. The van der Waals surface area contributed by atoms with Crippen molar-refractivity contribution in [3.05, 3.63) is 65.9 Å². The van der Waals surface area contributed by atoms with Crippen LogP contribution in [0.25, 0.3) is 0 Å². The summed E-state index contributed by atoms with van der Waals surface area (Å²) >= 11 is 0. The Labute approximate surface area is 211 Å². The summed E-state index contributed by atoms with van der Waals surface area (Å²) in [6.07, 6.45) is 3.44. The van der Waals surface area contributed by atoms with E-state index in [9.17, 15) is 9.59 Å². The summed E-state index contributed by atoms with van der Waals surface area (Å²) in [5, 5.41) is 9.03. The highest BCUT2D eigenvalue weighted by atomic mass is 16.5. The zero-order valence-corrected chi connectivity index (χ0v) is 20.9. The highest BCUT2D eigenvalue weighted by molar-refractivity contribution is 5.89. The second-order valence-electron chi connectivity index (χ2n) is 8.95. The quantitative estimate of drug-likeness (QED) is 0.439. The first kappa shape index (κ1) is 25.0. The van der Waals surface area contributed by atoms with Crippen LogP contribution in [0.2, 0.25) is 0 Å². The molecule has 36 heavy (non-hydrogen) atoms. The van der Waals surface area contributed by atoms with Crippen molar-refractivity contribution < 1.29 is 14.3 Å². The largest absolute Gasteiger partial charge is 0.495 e. The van der Waals surface area contributed by atoms with Crippen molar-refractivity contribution in [3.8, 4) is 5.75 Å². The van der Waals surface area contributed by atoms with Gasteiger partial charge in [0.2, 0.25) is 17.8 Å². The monoisotopic (exact) mass is 488 g/mol. The number of methoxy groups -OCH3 is 1. The minimum Gasteiger partial charge on any atom is -0.495 e. The molecule has 9 nitrogen and oxygen atoms in total. The maximum atomic E-state index is 12.9. The standard InChI is InChI=1S/C27H32N6O3/c1-18-6-8-20(9-7-18)16-29-26(35)21-5-4-14-33(17-21)25-12-13-28-27(32-25)31-23-15-22(30-19(2)34)10-11-24(23)36-3/h6-13,15,21H,4-5,14,16-17H2,1-3H3,(H,29,35)(H,30,34)(H,28,31,32)/t21-/m0/s1. The van der Waals surface area contributed by atoms with E-state index in [0.717, 1.165) is 30.8 Å². The lowest BCUT2D eigenvalue weighted by atomic mass is 9.97. The number of hydrogen-bond acceptors (Lipinski definition) is 7. The van der Waals surface area contributed by atoms with Gasteiger partial charge in [0.05, 0.1) is 18.7 Å². The van der Waals surface area contributed by atoms with E-state index in [-0.39, 0.29) is 17.7 Å². The Morgan fingerprint density at radius 3 is 2.69 bits per heavy atom. The molecule has 0 spiro atoms. The molecule has 0 aliphatic carbocycles. The van der Waals surface area contributed by atoms with Gasteiger partial charge in [-0.2, -0.15) is 4.98 Å². The molecule has 0 unspecified atom stereocenters. The Morgan fingerprint density at radius 1 is 1.14 bits per heavy atom. The van der Waals surface area contributed by atoms with Gasteiger partial charge in [-0.25, -0.2) is 4.98 Å². The highest BCUT2D eigenvalue weighted by Gasteiger charge is 2.26. The Balaban J connectivity index is 1.42. The van der Waals surface area contributed by atoms with Crippen molar-refractivity contribution in [1.29, 1.82) is 0 Å². The summed E-state index contributed by atoms with van der Waals surface area (Å²) in [5.74, 6) is 1.54. The van der Waals surface area contributed by atoms with Crippen LogP contribution >= 0.6 is 0 Å². The summed E-state index contributed by atoms with van der Waals surface area (Å²) in [6.45, 7) is 5.44. The smallest absolute Gasteiger partial charge is 0.229 e. The zero-order valence-electron chi connectivity index (χ0n) is 20.9.